The number of nitrogens with zero attached hydrogens (tertiary/aromatic N) is 1. The minimum Gasteiger partial charge on any atom is -0.371 e. The van der Waals surface area contributed by atoms with Gasteiger partial charge in [0.15, 0.2) is 0 Å². The molecule has 0 atom stereocenters. The average Bonchev–Trinajstić information content (AvgIpc) is 3.52. The van der Waals surface area contributed by atoms with Crippen molar-refractivity contribution < 1.29 is 14.0 Å². The fourth-order valence-corrected chi connectivity index (χ4v) is 3.60. The molecule has 146 valence electrons. The second-order valence-corrected chi connectivity index (χ2v) is 7.51. The molecule has 2 aromatic carbocycles. The number of nitrogens with one attached hydrogen (secondary N) is 2. The van der Waals surface area contributed by atoms with Gasteiger partial charge >= 0.3 is 0 Å². The Morgan fingerprint density at radius 3 is 2.25 bits per heavy atom. The molecule has 28 heavy (non-hydrogen) atoms. The highest BCUT2D eigenvalue weighted by Crippen LogP contribution is 2.26. The lowest BCUT2D eigenvalue weighted by atomic mass is 10.0. The first-order valence-corrected chi connectivity index (χ1v) is 9.81. The van der Waals surface area contributed by atoms with Crippen molar-refractivity contribution in [1.82, 2.24) is 10.6 Å². The molecule has 5 nitrogen and oxygen atoms in total. The molecule has 0 unspecified atom stereocenters. The summed E-state index contributed by atoms with van der Waals surface area (Å²) in [7, 11) is 0. The topological polar surface area (TPSA) is 61.4 Å². The molecule has 0 spiro atoms. The summed E-state index contributed by atoms with van der Waals surface area (Å²) in [6.45, 7) is 1.50. The van der Waals surface area contributed by atoms with Crippen molar-refractivity contribution in [2.45, 2.75) is 37.8 Å². The number of piperidine rings is 1. The molecule has 2 N–H and O–H groups in total. The van der Waals surface area contributed by atoms with Crippen LogP contribution in [-0.2, 0) is 0 Å². The van der Waals surface area contributed by atoms with Crippen LogP contribution in [0.2, 0.25) is 0 Å². The highest BCUT2D eigenvalue weighted by atomic mass is 19.1. The first-order valence-electron chi connectivity index (χ1n) is 9.81. The van der Waals surface area contributed by atoms with Crippen molar-refractivity contribution in [3.8, 4) is 0 Å². The molecule has 1 aliphatic carbocycles. The predicted octanol–water partition coefficient (Wildman–Crippen LogP) is 3.12. The van der Waals surface area contributed by atoms with E-state index >= 15 is 0 Å². The van der Waals surface area contributed by atoms with Gasteiger partial charge in [0.2, 0.25) is 0 Å². The second-order valence-electron chi connectivity index (χ2n) is 7.51. The van der Waals surface area contributed by atoms with E-state index in [-0.39, 0.29) is 17.9 Å². The van der Waals surface area contributed by atoms with Gasteiger partial charge in [-0.2, -0.15) is 0 Å². The number of benzene rings is 2. The number of hydrogen-bond acceptors (Lipinski definition) is 3. The third-order valence-electron chi connectivity index (χ3n) is 5.32. The summed E-state index contributed by atoms with van der Waals surface area (Å²) in [5, 5.41) is 6.05. The Bertz CT molecular complexity index is 874. The zero-order chi connectivity index (χ0) is 19.5. The van der Waals surface area contributed by atoms with Crippen LogP contribution in [0.25, 0.3) is 0 Å². The first kappa shape index (κ1) is 18.5. The standard InChI is InChI=1S/C22H24FN3O2/c23-16-5-3-4-15(14-16)21(27)24-18-10-12-26(13-11-18)20-7-2-1-6-19(20)22(28)25-17-8-9-17/h1-7,14,17-18H,8-13H2,(H,24,27)(H,25,28). The van der Waals surface area contributed by atoms with Crippen LogP contribution in [0.4, 0.5) is 10.1 Å². The molecule has 1 aliphatic heterocycles. The van der Waals surface area contributed by atoms with Gasteiger partial charge in [-0.1, -0.05) is 18.2 Å². The van der Waals surface area contributed by atoms with E-state index in [1.165, 1.54) is 18.2 Å². The van der Waals surface area contributed by atoms with Crippen LogP contribution in [0.1, 0.15) is 46.4 Å². The van der Waals surface area contributed by atoms with E-state index in [9.17, 15) is 14.0 Å². The smallest absolute Gasteiger partial charge is 0.253 e. The Morgan fingerprint density at radius 1 is 0.857 bits per heavy atom. The zero-order valence-corrected chi connectivity index (χ0v) is 15.7. The lowest BCUT2D eigenvalue weighted by Gasteiger charge is -2.35. The van der Waals surface area contributed by atoms with Crippen LogP contribution in [-0.4, -0.2) is 37.0 Å². The number of rotatable bonds is 5. The minimum atomic E-state index is -0.413. The molecule has 2 aromatic rings. The van der Waals surface area contributed by atoms with Crippen LogP contribution in [0.3, 0.4) is 0 Å². The summed E-state index contributed by atoms with van der Waals surface area (Å²) in [6.07, 6.45) is 3.67. The molecule has 1 saturated carbocycles. The van der Waals surface area contributed by atoms with E-state index in [2.05, 4.69) is 15.5 Å². The van der Waals surface area contributed by atoms with Crippen molar-refractivity contribution in [2.75, 3.05) is 18.0 Å². The van der Waals surface area contributed by atoms with E-state index in [1.807, 2.05) is 24.3 Å². The number of amides is 2. The zero-order valence-electron chi connectivity index (χ0n) is 15.7. The van der Waals surface area contributed by atoms with Crippen molar-refractivity contribution in [3.63, 3.8) is 0 Å². The monoisotopic (exact) mass is 381 g/mol. The molecule has 0 radical (unpaired) electrons. The summed E-state index contributed by atoms with van der Waals surface area (Å²) >= 11 is 0. The maximum absolute atomic E-state index is 13.3. The molecule has 2 amide bonds. The van der Waals surface area contributed by atoms with Crippen molar-refractivity contribution in [3.05, 3.63) is 65.5 Å². The number of carbonyl (C=O) groups is 2. The fourth-order valence-electron chi connectivity index (χ4n) is 3.60. The van der Waals surface area contributed by atoms with Crippen LogP contribution >= 0.6 is 0 Å². The summed E-state index contributed by atoms with van der Waals surface area (Å²) in [5.41, 5.74) is 1.98. The Kier molecular flexibility index (Phi) is 5.28. The summed E-state index contributed by atoms with van der Waals surface area (Å²) < 4.78 is 13.3. The van der Waals surface area contributed by atoms with E-state index in [0.29, 0.717) is 17.2 Å². The van der Waals surface area contributed by atoms with Crippen LogP contribution in [0, 0.1) is 5.82 Å². The van der Waals surface area contributed by atoms with Gasteiger partial charge in [0.05, 0.1) is 5.56 Å². The SMILES string of the molecule is O=C(NC1CCN(c2ccccc2C(=O)NC2CC2)CC1)c1cccc(F)c1. The predicted molar refractivity (Wildman–Crippen MR) is 106 cm³/mol. The summed E-state index contributed by atoms with van der Waals surface area (Å²) in [4.78, 5) is 27.1. The minimum absolute atomic E-state index is 0.0142. The number of para-hydroxylation sites is 1. The molecule has 4 rings (SSSR count). The number of carbonyl (C=O) groups excluding carboxylic acids is 2. The van der Waals surface area contributed by atoms with Gasteiger partial charge in [-0.05, 0) is 56.0 Å². The van der Waals surface area contributed by atoms with Crippen molar-refractivity contribution in [1.29, 1.82) is 0 Å². The van der Waals surface area contributed by atoms with Gasteiger partial charge in [-0.25, -0.2) is 4.39 Å². The largest absolute Gasteiger partial charge is 0.371 e. The second kappa shape index (κ2) is 8.00. The molecule has 1 saturated heterocycles. The lowest BCUT2D eigenvalue weighted by Crippen LogP contribution is -2.45. The van der Waals surface area contributed by atoms with Crippen LogP contribution < -0.4 is 15.5 Å². The highest BCUT2D eigenvalue weighted by Gasteiger charge is 2.27. The number of hydrogen-bond donors (Lipinski definition) is 2. The Labute approximate surface area is 163 Å². The first-order chi connectivity index (χ1) is 13.6. The number of halogens is 1. The van der Waals surface area contributed by atoms with Gasteiger partial charge in [0.1, 0.15) is 5.82 Å². The Balaban J connectivity index is 1.36. The van der Waals surface area contributed by atoms with Gasteiger partial charge in [0, 0.05) is 36.4 Å². The van der Waals surface area contributed by atoms with Crippen LogP contribution in [0.5, 0.6) is 0 Å². The van der Waals surface area contributed by atoms with Crippen molar-refractivity contribution >= 4 is 17.5 Å². The van der Waals surface area contributed by atoms with Gasteiger partial charge < -0.3 is 15.5 Å². The maximum atomic E-state index is 13.3. The Morgan fingerprint density at radius 2 is 1.54 bits per heavy atom. The van der Waals surface area contributed by atoms with Gasteiger partial charge in [-0.15, -0.1) is 0 Å². The Hall–Kier alpha value is -2.89. The highest BCUT2D eigenvalue weighted by molar-refractivity contribution is 6.00. The van der Waals surface area contributed by atoms with Crippen molar-refractivity contribution in [2.24, 2.45) is 0 Å². The molecule has 0 bridgehead atoms. The van der Waals surface area contributed by atoms with E-state index in [1.54, 1.807) is 6.07 Å². The third kappa shape index (κ3) is 4.32. The molecule has 6 heteroatoms. The maximum Gasteiger partial charge on any atom is 0.253 e. The molecular formula is C22H24FN3O2. The fraction of sp³-hybridized carbons (Fsp3) is 0.364. The van der Waals surface area contributed by atoms with Crippen LogP contribution in [0.15, 0.2) is 48.5 Å². The van der Waals surface area contributed by atoms with E-state index in [4.69, 9.17) is 0 Å². The normalized spacial score (nSPS) is 17.2. The average molecular weight is 381 g/mol. The molecule has 1 heterocycles. The molecule has 0 aromatic heterocycles. The van der Waals surface area contributed by atoms with E-state index in [0.717, 1.165) is 44.5 Å². The molecule has 2 aliphatic rings. The lowest BCUT2D eigenvalue weighted by molar-refractivity contribution is 0.0929. The van der Waals surface area contributed by atoms with Gasteiger partial charge in [0.25, 0.3) is 11.8 Å². The quantitative estimate of drug-likeness (QED) is 0.837. The van der Waals surface area contributed by atoms with Gasteiger partial charge in [-0.3, -0.25) is 9.59 Å². The third-order valence-corrected chi connectivity index (χ3v) is 5.32. The molecular weight excluding hydrogens is 357 g/mol. The molecule has 2 fully saturated rings. The number of anilines is 1. The van der Waals surface area contributed by atoms with E-state index < -0.39 is 5.82 Å². The summed E-state index contributed by atoms with van der Waals surface area (Å²) in [5.74, 6) is -0.676. The summed E-state index contributed by atoms with van der Waals surface area (Å²) in [6, 6.07) is 13.8.